The summed E-state index contributed by atoms with van der Waals surface area (Å²) in [5, 5.41) is 16.6. The Hall–Kier alpha value is -2.51. The summed E-state index contributed by atoms with van der Waals surface area (Å²) in [5.41, 5.74) is 0.189. The number of ketones is 1. The summed E-state index contributed by atoms with van der Waals surface area (Å²) in [4.78, 5) is 35.2. The Morgan fingerprint density at radius 1 is 1.47 bits per heavy atom. The van der Waals surface area contributed by atoms with Crippen LogP contribution in [-0.2, 0) is 4.79 Å². The van der Waals surface area contributed by atoms with Crippen LogP contribution in [0.2, 0.25) is 0 Å². The van der Waals surface area contributed by atoms with E-state index in [0.717, 1.165) is 0 Å². The van der Waals surface area contributed by atoms with Crippen LogP contribution in [-0.4, -0.2) is 40.1 Å². The van der Waals surface area contributed by atoms with Crippen LogP contribution in [0.5, 0.6) is 0 Å². The lowest BCUT2D eigenvalue weighted by Gasteiger charge is -2.30. The number of hydrogen-bond acceptors (Lipinski definition) is 6. The molecule has 2 heterocycles. The molecule has 0 unspecified atom stereocenters. The van der Waals surface area contributed by atoms with Crippen molar-refractivity contribution >= 4 is 17.6 Å². The van der Waals surface area contributed by atoms with Gasteiger partial charge in [-0.3, -0.25) is 4.79 Å². The predicted molar refractivity (Wildman–Crippen MR) is 56.0 cm³/mol. The molecule has 0 spiro atoms. The highest BCUT2D eigenvalue weighted by Crippen LogP contribution is 2.16. The summed E-state index contributed by atoms with van der Waals surface area (Å²) in [7, 11) is 0. The minimum Gasteiger partial charge on any atom is -0.478 e. The molecule has 0 atom stereocenters. The van der Waals surface area contributed by atoms with E-state index in [-0.39, 0.29) is 11.3 Å². The lowest BCUT2D eigenvalue weighted by atomic mass is 10.2. The first-order chi connectivity index (χ1) is 8.08. The number of rotatable bonds is 2. The van der Waals surface area contributed by atoms with E-state index in [1.54, 1.807) is 4.90 Å². The quantitative estimate of drug-likeness (QED) is 0.562. The number of pyridine rings is 1. The number of carbonyl (C=O) groups is 2. The molecule has 1 aromatic heterocycles. The molecule has 0 amide bonds. The van der Waals surface area contributed by atoms with Gasteiger partial charge in [-0.25, -0.2) is 9.78 Å². The Bertz CT molecular complexity index is 440. The van der Waals surface area contributed by atoms with Crippen molar-refractivity contribution in [2.45, 2.75) is 0 Å². The van der Waals surface area contributed by atoms with Crippen molar-refractivity contribution in [1.29, 1.82) is 0 Å². The topological polar surface area (TPSA) is 120 Å². The van der Waals surface area contributed by atoms with Crippen molar-refractivity contribution in [2.75, 3.05) is 18.0 Å². The van der Waals surface area contributed by atoms with Crippen LogP contribution in [0.4, 0.5) is 5.82 Å². The minimum atomic E-state index is -0.986. The highest BCUT2D eigenvalue weighted by Gasteiger charge is 2.24. The Morgan fingerprint density at radius 2 is 2.06 bits per heavy atom. The van der Waals surface area contributed by atoms with Gasteiger partial charge < -0.3 is 15.2 Å². The molecule has 2 rings (SSSR count). The van der Waals surface area contributed by atoms with Gasteiger partial charge in [-0.05, 0) is 12.1 Å². The van der Waals surface area contributed by atoms with Crippen LogP contribution in [0, 0.1) is 4.91 Å². The van der Waals surface area contributed by atoms with E-state index < -0.39 is 5.97 Å². The van der Waals surface area contributed by atoms with Gasteiger partial charge in [0.1, 0.15) is 5.82 Å². The molecule has 2 N–H and O–H groups in total. The average molecular weight is 239 g/mol. The summed E-state index contributed by atoms with van der Waals surface area (Å²) in [6.07, 6.45) is 1.43. The molecule has 1 fully saturated rings. The third kappa shape index (κ3) is 3.23. The first kappa shape index (κ1) is 12.6. The van der Waals surface area contributed by atoms with E-state index in [1.807, 2.05) is 0 Å². The van der Waals surface area contributed by atoms with E-state index in [4.69, 9.17) is 15.2 Å². The molecule has 0 bridgehead atoms. The zero-order chi connectivity index (χ0) is 12.8. The van der Waals surface area contributed by atoms with Crippen molar-refractivity contribution in [2.24, 2.45) is 5.34 Å². The number of anilines is 1. The second kappa shape index (κ2) is 5.54. The van der Waals surface area contributed by atoms with Crippen molar-refractivity contribution < 1.29 is 19.9 Å². The van der Waals surface area contributed by atoms with Gasteiger partial charge in [0.2, 0.25) is 0 Å². The SMILES string of the molecule is O=C1CN(c2cc(C(=O)O)ccn2)C1.O=NO. The van der Waals surface area contributed by atoms with E-state index >= 15 is 0 Å². The van der Waals surface area contributed by atoms with Crippen LogP contribution < -0.4 is 4.90 Å². The fraction of sp³-hybridized carbons (Fsp3) is 0.222. The van der Waals surface area contributed by atoms with Crippen LogP contribution in [0.15, 0.2) is 23.7 Å². The molecule has 0 radical (unpaired) electrons. The summed E-state index contributed by atoms with van der Waals surface area (Å²) in [6.45, 7) is 0.659. The molecule has 90 valence electrons. The van der Waals surface area contributed by atoms with Crippen molar-refractivity contribution in [1.82, 2.24) is 4.98 Å². The third-order valence-electron chi connectivity index (χ3n) is 2.05. The van der Waals surface area contributed by atoms with Crippen LogP contribution in [0.1, 0.15) is 10.4 Å². The third-order valence-corrected chi connectivity index (χ3v) is 2.05. The van der Waals surface area contributed by atoms with Gasteiger partial charge in [0.25, 0.3) is 0 Å². The molecule has 1 aliphatic heterocycles. The van der Waals surface area contributed by atoms with Gasteiger partial charge in [-0.15, -0.1) is 4.91 Å². The largest absolute Gasteiger partial charge is 0.478 e. The molecule has 0 aliphatic carbocycles. The van der Waals surface area contributed by atoms with Gasteiger partial charge in [0.15, 0.2) is 11.1 Å². The molecule has 1 saturated heterocycles. The van der Waals surface area contributed by atoms with Crippen LogP contribution in [0.3, 0.4) is 0 Å². The summed E-state index contributed by atoms with van der Waals surface area (Å²) >= 11 is 0. The lowest BCUT2D eigenvalue weighted by molar-refractivity contribution is -0.119. The number of hydrogen-bond donors (Lipinski definition) is 2. The second-order valence-corrected chi connectivity index (χ2v) is 3.18. The van der Waals surface area contributed by atoms with Gasteiger partial charge in [-0.1, -0.05) is 0 Å². The number of carboxylic acids is 1. The molecular weight excluding hydrogens is 230 g/mol. The van der Waals surface area contributed by atoms with Gasteiger partial charge in [-0.2, -0.15) is 0 Å². The van der Waals surface area contributed by atoms with Crippen molar-refractivity contribution in [3.05, 3.63) is 28.8 Å². The standard InChI is InChI=1S/C9H8N2O3.HNO2/c12-7-4-11(5-7)8-3-6(9(13)14)1-2-10-8;2-1-3/h1-3H,4-5H2,(H,13,14);(H,2,3). The lowest BCUT2D eigenvalue weighted by Crippen LogP contribution is -2.47. The Labute approximate surface area is 95.4 Å². The normalized spacial score (nSPS) is 13.2. The average Bonchev–Trinajstić information content (AvgIpc) is 2.26. The van der Waals surface area contributed by atoms with E-state index in [2.05, 4.69) is 4.98 Å². The van der Waals surface area contributed by atoms with Crippen molar-refractivity contribution in [3.8, 4) is 0 Å². The maximum atomic E-state index is 10.7. The number of nitrogens with zero attached hydrogens (tertiary/aromatic N) is 3. The Kier molecular flexibility index (Phi) is 4.09. The second-order valence-electron chi connectivity index (χ2n) is 3.18. The highest BCUT2D eigenvalue weighted by atomic mass is 16.6. The minimum absolute atomic E-state index is 0.146. The Balaban J connectivity index is 0.000000437. The van der Waals surface area contributed by atoms with Crippen molar-refractivity contribution in [3.63, 3.8) is 0 Å². The monoisotopic (exact) mass is 239 g/mol. The van der Waals surface area contributed by atoms with Crippen LogP contribution >= 0.6 is 0 Å². The summed E-state index contributed by atoms with van der Waals surface area (Å²) in [5.74, 6) is -0.294. The Morgan fingerprint density at radius 3 is 2.53 bits per heavy atom. The summed E-state index contributed by atoms with van der Waals surface area (Å²) in [6, 6.07) is 2.89. The highest BCUT2D eigenvalue weighted by molar-refractivity contribution is 5.95. The maximum absolute atomic E-state index is 10.7. The maximum Gasteiger partial charge on any atom is 0.335 e. The number of carboxylic acid groups (broad SMARTS) is 1. The zero-order valence-electron chi connectivity index (χ0n) is 8.61. The molecule has 17 heavy (non-hydrogen) atoms. The molecule has 8 nitrogen and oxygen atoms in total. The first-order valence-corrected chi connectivity index (χ1v) is 4.51. The van der Waals surface area contributed by atoms with Crippen LogP contribution in [0.25, 0.3) is 0 Å². The molecule has 8 heteroatoms. The predicted octanol–water partition coefficient (Wildman–Crippen LogP) is 0.311. The molecule has 1 aromatic rings. The summed E-state index contributed by atoms with van der Waals surface area (Å²) < 4.78 is 0. The van der Waals surface area contributed by atoms with E-state index in [9.17, 15) is 9.59 Å². The molecule has 1 aliphatic rings. The molecular formula is C9H9N3O5. The fourth-order valence-electron chi connectivity index (χ4n) is 1.27. The number of Topliss-reactive ketones (excluding diaryl/α,β-unsaturated/α-hetero) is 1. The zero-order valence-corrected chi connectivity index (χ0v) is 8.61. The molecule has 0 saturated carbocycles. The molecule has 0 aromatic carbocycles. The van der Waals surface area contributed by atoms with E-state index in [1.165, 1.54) is 23.7 Å². The number of carbonyl (C=O) groups excluding carboxylic acids is 1. The van der Waals surface area contributed by atoms with Gasteiger partial charge in [0.05, 0.1) is 18.7 Å². The number of aromatic nitrogens is 1. The van der Waals surface area contributed by atoms with E-state index in [0.29, 0.717) is 18.9 Å². The number of aromatic carboxylic acids is 1. The fourth-order valence-corrected chi connectivity index (χ4v) is 1.27. The smallest absolute Gasteiger partial charge is 0.335 e. The van der Waals surface area contributed by atoms with Gasteiger partial charge in [0, 0.05) is 6.20 Å². The first-order valence-electron chi connectivity index (χ1n) is 4.51. The van der Waals surface area contributed by atoms with Gasteiger partial charge >= 0.3 is 5.97 Å².